The quantitative estimate of drug-likeness (QED) is 0.609. The largest absolute Gasteiger partial charge is 0.396 e. The van der Waals surface area contributed by atoms with Gasteiger partial charge in [0.15, 0.2) is 0 Å². The predicted octanol–water partition coefficient (Wildman–Crippen LogP) is 0.180. The number of nitrogens with one attached hydrogen (secondary N) is 2. The van der Waals surface area contributed by atoms with E-state index < -0.39 is 0 Å². The molecule has 0 saturated carbocycles. The highest BCUT2D eigenvalue weighted by molar-refractivity contribution is 5.79. The SMILES string of the molecule is CC(C)(C)NC(=O)CCNC(=O)CCCO. The van der Waals surface area contributed by atoms with E-state index in [9.17, 15) is 9.59 Å². The maximum Gasteiger partial charge on any atom is 0.222 e. The molecule has 0 unspecified atom stereocenters. The third kappa shape index (κ3) is 9.45. The van der Waals surface area contributed by atoms with Gasteiger partial charge in [-0.1, -0.05) is 0 Å². The second-order valence-electron chi connectivity index (χ2n) is 4.73. The third-order valence-corrected chi connectivity index (χ3v) is 1.75. The van der Waals surface area contributed by atoms with Crippen LogP contribution in [0.4, 0.5) is 0 Å². The summed E-state index contributed by atoms with van der Waals surface area (Å²) in [5.74, 6) is -0.201. The third-order valence-electron chi connectivity index (χ3n) is 1.75. The van der Waals surface area contributed by atoms with E-state index in [0.717, 1.165) is 0 Å². The molecule has 0 aliphatic carbocycles. The van der Waals surface area contributed by atoms with Gasteiger partial charge in [0.05, 0.1) is 0 Å². The Bertz CT molecular complexity index is 234. The first kappa shape index (κ1) is 14.9. The van der Waals surface area contributed by atoms with Crippen LogP contribution in [0.25, 0.3) is 0 Å². The van der Waals surface area contributed by atoms with E-state index in [1.165, 1.54) is 0 Å². The van der Waals surface area contributed by atoms with Gasteiger partial charge in [-0.15, -0.1) is 0 Å². The molecule has 0 fully saturated rings. The van der Waals surface area contributed by atoms with Crippen molar-refractivity contribution in [2.75, 3.05) is 13.2 Å². The lowest BCUT2D eigenvalue weighted by Crippen LogP contribution is -2.41. The highest BCUT2D eigenvalue weighted by atomic mass is 16.3. The van der Waals surface area contributed by atoms with Crippen LogP contribution >= 0.6 is 0 Å². The molecule has 0 aromatic rings. The normalized spacial score (nSPS) is 11.0. The number of hydrogen-bond acceptors (Lipinski definition) is 3. The van der Waals surface area contributed by atoms with E-state index in [1.54, 1.807) is 0 Å². The molecule has 3 N–H and O–H groups in total. The Morgan fingerprint density at radius 2 is 1.75 bits per heavy atom. The first-order valence-corrected chi connectivity index (χ1v) is 5.54. The van der Waals surface area contributed by atoms with E-state index in [0.29, 0.717) is 19.4 Å². The minimum absolute atomic E-state index is 0.0118. The molecule has 0 bridgehead atoms. The summed E-state index contributed by atoms with van der Waals surface area (Å²) in [7, 11) is 0. The summed E-state index contributed by atoms with van der Waals surface area (Å²) in [6.07, 6.45) is 1.04. The van der Waals surface area contributed by atoms with Crippen molar-refractivity contribution in [1.82, 2.24) is 10.6 Å². The summed E-state index contributed by atoms with van der Waals surface area (Å²) in [6, 6.07) is 0. The fraction of sp³-hybridized carbons (Fsp3) is 0.818. The lowest BCUT2D eigenvalue weighted by atomic mass is 10.1. The average molecular weight is 230 g/mol. The lowest BCUT2D eigenvalue weighted by molar-refractivity contribution is -0.123. The van der Waals surface area contributed by atoms with E-state index >= 15 is 0 Å². The van der Waals surface area contributed by atoms with Gasteiger partial charge >= 0.3 is 0 Å². The zero-order valence-corrected chi connectivity index (χ0v) is 10.3. The molecule has 0 aliphatic heterocycles. The molecular weight excluding hydrogens is 208 g/mol. The maximum absolute atomic E-state index is 11.4. The van der Waals surface area contributed by atoms with Gasteiger partial charge in [0.1, 0.15) is 0 Å². The van der Waals surface area contributed by atoms with Crippen molar-refractivity contribution in [3.63, 3.8) is 0 Å². The zero-order chi connectivity index (χ0) is 12.6. The molecule has 0 aliphatic rings. The molecule has 5 heteroatoms. The summed E-state index contributed by atoms with van der Waals surface area (Å²) in [6.45, 7) is 6.07. The van der Waals surface area contributed by atoms with Gasteiger partial charge < -0.3 is 15.7 Å². The monoisotopic (exact) mass is 230 g/mol. The highest BCUT2D eigenvalue weighted by Crippen LogP contribution is 1.98. The second-order valence-corrected chi connectivity index (χ2v) is 4.73. The van der Waals surface area contributed by atoms with E-state index in [-0.39, 0.29) is 30.4 Å². The number of aliphatic hydroxyl groups excluding tert-OH is 1. The molecule has 0 aromatic carbocycles. The van der Waals surface area contributed by atoms with Gasteiger partial charge in [0, 0.05) is 31.5 Å². The van der Waals surface area contributed by atoms with Gasteiger partial charge in [0.2, 0.25) is 11.8 Å². The van der Waals surface area contributed by atoms with E-state index in [1.807, 2.05) is 20.8 Å². The van der Waals surface area contributed by atoms with Crippen LogP contribution in [0.5, 0.6) is 0 Å². The summed E-state index contributed by atoms with van der Waals surface area (Å²) >= 11 is 0. The minimum Gasteiger partial charge on any atom is -0.396 e. The van der Waals surface area contributed by atoms with E-state index in [2.05, 4.69) is 10.6 Å². The molecule has 0 aromatic heterocycles. The molecule has 0 atom stereocenters. The Morgan fingerprint density at radius 3 is 2.25 bits per heavy atom. The molecule has 94 valence electrons. The molecule has 5 nitrogen and oxygen atoms in total. The van der Waals surface area contributed by atoms with Crippen LogP contribution in [0.15, 0.2) is 0 Å². The summed E-state index contributed by atoms with van der Waals surface area (Å²) in [5.41, 5.74) is -0.238. The number of hydrogen-bond donors (Lipinski definition) is 3. The highest BCUT2D eigenvalue weighted by Gasteiger charge is 2.13. The van der Waals surface area contributed by atoms with Crippen molar-refractivity contribution in [2.24, 2.45) is 0 Å². The summed E-state index contributed by atoms with van der Waals surface area (Å²) in [4.78, 5) is 22.5. The first-order valence-electron chi connectivity index (χ1n) is 5.54. The van der Waals surface area contributed by atoms with Crippen molar-refractivity contribution in [2.45, 2.75) is 45.6 Å². The number of rotatable bonds is 6. The van der Waals surface area contributed by atoms with Crippen LogP contribution in [-0.2, 0) is 9.59 Å². The Hall–Kier alpha value is -1.10. The number of amides is 2. The number of carbonyl (C=O) groups is 2. The van der Waals surface area contributed by atoms with Gasteiger partial charge in [-0.3, -0.25) is 9.59 Å². The standard InChI is InChI=1S/C11H22N2O3/c1-11(2,3)13-10(16)6-7-12-9(15)5-4-8-14/h14H,4-8H2,1-3H3,(H,12,15)(H,13,16). The summed E-state index contributed by atoms with van der Waals surface area (Å²) in [5, 5.41) is 13.9. The molecule has 0 radical (unpaired) electrons. The fourth-order valence-electron chi connectivity index (χ4n) is 1.12. The smallest absolute Gasteiger partial charge is 0.222 e. The molecular formula is C11H22N2O3. The van der Waals surface area contributed by atoms with Gasteiger partial charge in [-0.25, -0.2) is 0 Å². The molecule has 0 saturated heterocycles. The number of aliphatic hydroxyl groups is 1. The summed E-state index contributed by atoms with van der Waals surface area (Å²) < 4.78 is 0. The minimum atomic E-state index is -0.238. The molecule has 16 heavy (non-hydrogen) atoms. The Kier molecular flexibility index (Phi) is 6.72. The van der Waals surface area contributed by atoms with Crippen molar-refractivity contribution in [3.05, 3.63) is 0 Å². The van der Waals surface area contributed by atoms with Crippen molar-refractivity contribution >= 4 is 11.8 Å². The Morgan fingerprint density at radius 1 is 1.12 bits per heavy atom. The predicted molar refractivity (Wildman–Crippen MR) is 61.8 cm³/mol. The van der Waals surface area contributed by atoms with Crippen molar-refractivity contribution < 1.29 is 14.7 Å². The Labute approximate surface area is 96.6 Å². The van der Waals surface area contributed by atoms with Crippen LogP contribution < -0.4 is 10.6 Å². The van der Waals surface area contributed by atoms with Crippen LogP contribution in [-0.4, -0.2) is 35.6 Å². The maximum atomic E-state index is 11.4. The topological polar surface area (TPSA) is 78.4 Å². The van der Waals surface area contributed by atoms with Gasteiger partial charge in [-0.2, -0.15) is 0 Å². The van der Waals surface area contributed by atoms with Crippen molar-refractivity contribution in [3.8, 4) is 0 Å². The molecule has 0 rings (SSSR count). The van der Waals surface area contributed by atoms with Crippen LogP contribution in [0.1, 0.15) is 40.0 Å². The molecule has 0 spiro atoms. The van der Waals surface area contributed by atoms with Gasteiger partial charge in [0.25, 0.3) is 0 Å². The van der Waals surface area contributed by atoms with Crippen molar-refractivity contribution in [1.29, 1.82) is 0 Å². The lowest BCUT2D eigenvalue weighted by Gasteiger charge is -2.20. The fourth-order valence-corrected chi connectivity index (χ4v) is 1.12. The molecule has 0 heterocycles. The van der Waals surface area contributed by atoms with Gasteiger partial charge in [-0.05, 0) is 27.2 Å². The van der Waals surface area contributed by atoms with Crippen LogP contribution in [0.2, 0.25) is 0 Å². The number of carbonyl (C=O) groups excluding carboxylic acids is 2. The van der Waals surface area contributed by atoms with Crippen LogP contribution in [0, 0.1) is 0 Å². The van der Waals surface area contributed by atoms with Crippen LogP contribution in [0.3, 0.4) is 0 Å². The Balaban J connectivity index is 3.58. The van der Waals surface area contributed by atoms with E-state index in [4.69, 9.17) is 5.11 Å². The zero-order valence-electron chi connectivity index (χ0n) is 10.3. The molecule has 2 amide bonds. The average Bonchev–Trinajstić information content (AvgIpc) is 2.11. The second kappa shape index (κ2) is 7.22. The first-order chi connectivity index (χ1) is 7.35.